The Balaban J connectivity index is 2.57. The van der Waals surface area contributed by atoms with Gasteiger partial charge >= 0.3 is 0 Å². The lowest BCUT2D eigenvalue weighted by atomic mass is 10.1. The van der Waals surface area contributed by atoms with Crippen LogP contribution in [0.4, 0.5) is 5.69 Å². The predicted molar refractivity (Wildman–Crippen MR) is 91.6 cm³/mol. The first-order valence-electron chi connectivity index (χ1n) is 7.58. The molecular formula is C17H27N3O3. The number of ether oxygens (including phenoxy) is 1. The Hall–Kier alpha value is -2.08. The van der Waals surface area contributed by atoms with Gasteiger partial charge in [-0.1, -0.05) is 6.07 Å². The first kappa shape index (κ1) is 19.0. The van der Waals surface area contributed by atoms with Gasteiger partial charge in [0.2, 0.25) is 11.8 Å². The number of rotatable bonds is 6. The Morgan fingerprint density at radius 3 is 2.52 bits per heavy atom. The second-order valence-corrected chi connectivity index (χ2v) is 6.61. The van der Waals surface area contributed by atoms with Crippen molar-refractivity contribution in [3.63, 3.8) is 0 Å². The van der Waals surface area contributed by atoms with Crippen molar-refractivity contribution in [3.05, 3.63) is 24.3 Å². The summed E-state index contributed by atoms with van der Waals surface area (Å²) in [7, 11) is 3.32. The molecule has 0 aromatic heterocycles. The first-order valence-corrected chi connectivity index (χ1v) is 7.58. The number of benzene rings is 1. The molecule has 1 atom stereocenters. The van der Waals surface area contributed by atoms with E-state index in [0.717, 1.165) is 0 Å². The highest BCUT2D eigenvalue weighted by molar-refractivity contribution is 5.93. The van der Waals surface area contributed by atoms with Crippen LogP contribution in [0, 0.1) is 0 Å². The van der Waals surface area contributed by atoms with Gasteiger partial charge in [-0.05, 0) is 46.9 Å². The molecule has 0 fully saturated rings. The summed E-state index contributed by atoms with van der Waals surface area (Å²) >= 11 is 0. The van der Waals surface area contributed by atoms with Crippen LogP contribution in [0.15, 0.2) is 24.3 Å². The van der Waals surface area contributed by atoms with Gasteiger partial charge in [0.15, 0.2) is 0 Å². The third kappa shape index (κ3) is 6.69. The van der Waals surface area contributed by atoms with Crippen molar-refractivity contribution in [2.45, 2.75) is 39.3 Å². The molecule has 0 spiro atoms. The number of amides is 2. The fourth-order valence-electron chi connectivity index (χ4n) is 1.94. The van der Waals surface area contributed by atoms with Crippen LogP contribution < -0.4 is 15.4 Å². The largest absolute Gasteiger partial charge is 0.497 e. The Kier molecular flexibility index (Phi) is 6.57. The molecule has 1 rings (SSSR count). The average molecular weight is 321 g/mol. The summed E-state index contributed by atoms with van der Waals surface area (Å²) in [4.78, 5) is 25.9. The molecular weight excluding hydrogens is 294 g/mol. The molecule has 0 aliphatic heterocycles. The van der Waals surface area contributed by atoms with E-state index in [9.17, 15) is 9.59 Å². The lowest BCUT2D eigenvalue weighted by Gasteiger charge is -2.28. The normalized spacial score (nSPS) is 12.7. The Morgan fingerprint density at radius 1 is 1.30 bits per heavy atom. The van der Waals surface area contributed by atoms with E-state index in [-0.39, 0.29) is 23.9 Å². The van der Waals surface area contributed by atoms with E-state index in [1.54, 1.807) is 50.2 Å². The number of hydrogen-bond acceptors (Lipinski definition) is 4. The molecule has 6 heteroatoms. The molecule has 1 aromatic rings. The lowest BCUT2D eigenvalue weighted by molar-refractivity contribution is -0.127. The van der Waals surface area contributed by atoms with E-state index in [2.05, 4.69) is 10.6 Å². The summed E-state index contributed by atoms with van der Waals surface area (Å²) in [5, 5.41) is 5.71. The third-order valence-corrected chi connectivity index (χ3v) is 3.29. The fourth-order valence-corrected chi connectivity index (χ4v) is 1.94. The fraction of sp³-hybridized carbons (Fsp3) is 0.529. The molecule has 0 bridgehead atoms. The number of nitrogens with zero attached hydrogens (tertiary/aromatic N) is 1. The van der Waals surface area contributed by atoms with Gasteiger partial charge in [0.25, 0.3) is 0 Å². The smallest absolute Gasteiger partial charge is 0.238 e. The van der Waals surface area contributed by atoms with Crippen LogP contribution in [0.3, 0.4) is 0 Å². The number of anilines is 1. The van der Waals surface area contributed by atoms with Crippen molar-refractivity contribution in [2.24, 2.45) is 0 Å². The zero-order valence-corrected chi connectivity index (χ0v) is 14.8. The summed E-state index contributed by atoms with van der Waals surface area (Å²) in [6.07, 6.45) is 0. The van der Waals surface area contributed by atoms with Crippen molar-refractivity contribution >= 4 is 17.5 Å². The molecule has 23 heavy (non-hydrogen) atoms. The SMILES string of the molecule is COc1cccc(NC(=O)CN(C)C(C)C(=O)NC(C)(C)C)c1. The monoisotopic (exact) mass is 321 g/mol. The quantitative estimate of drug-likeness (QED) is 0.839. The molecule has 2 amide bonds. The Bertz CT molecular complexity index is 552. The summed E-state index contributed by atoms with van der Waals surface area (Å²) in [6.45, 7) is 7.67. The van der Waals surface area contributed by atoms with Crippen LogP contribution >= 0.6 is 0 Å². The second-order valence-electron chi connectivity index (χ2n) is 6.61. The van der Waals surface area contributed by atoms with Gasteiger partial charge in [-0.3, -0.25) is 14.5 Å². The molecule has 0 heterocycles. The van der Waals surface area contributed by atoms with E-state index >= 15 is 0 Å². The van der Waals surface area contributed by atoms with Crippen LogP contribution in [-0.2, 0) is 9.59 Å². The number of carbonyl (C=O) groups excluding carboxylic acids is 2. The Morgan fingerprint density at radius 2 is 1.96 bits per heavy atom. The van der Waals surface area contributed by atoms with Gasteiger partial charge in [0, 0.05) is 17.3 Å². The topological polar surface area (TPSA) is 70.7 Å². The lowest BCUT2D eigenvalue weighted by Crippen LogP contribution is -2.51. The highest BCUT2D eigenvalue weighted by atomic mass is 16.5. The van der Waals surface area contributed by atoms with Gasteiger partial charge in [0.05, 0.1) is 19.7 Å². The van der Waals surface area contributed by atoms with Gasteiger partial charge in [-0.15, -0.1) is 0 Å². The molecule has 128 valence electrons. The van der Waals surface area contributed by atoms with Gasteiger partial charge in [0.1, 0.15) is 5.75 Å². The van der Waals surface area contributed by atoms with Gasteiger partial charge < -0.3 is 15.4 Å². The maximum absolute atomic E-state index is 12.1. The molecule has 2 N–H and O–H groups in total. The molecule has 0 saturated heterocycles. The van der Waals surface area contributed by atoms with Gasteiger partial charge in [-0.25, -0.2) is 0 Å². The summed E-state index contributed by atoms with van der Waals surface area (Å²) in [5.74, 6) is 0.388. The van der Waals surface area contributed by atoms with Gasteiger partial charge in [-0.2, -0.15) is 0 Å². The van der Waals surface area contributed by atoms with E-state index in [1.807, 2.05) is 20.8 Å². The number of nitrogens with one attached hydrogen (secondary N) is 2. The van der Waals surface area contributed by atoms with Crippen molar-refractivity contribution < 1.29 is 14.3 Å². The zero-order chi connectivity index (χ0) is 17.6. The van der Waals surface area contributed by atoms with Crippen molar-refractivity contribution in [1.29, 1.82) is 0 Å². The number of methoxy groups -OCH3 is 1. The molecule has 6 nitrogen and oxygen atoms in total. The Labute approximate surface area is 138 Å². The minimum atomic E-state index is -0.398. The first-order chi connectivity index (χ1) is 10.6. The summed E-state index contributed by atoms with van der Waals surface area (Å²) in [6, 6.07) is 6.74. The molecule has 1 unspecified atom stereocenters. The van der Waals surface area contributed by atoms with Crippen LogP contribution in [0.5, 0.6) is 5.75 Å². The highest BCUT2D eigenvalue weighted by Gasteiger charge is 2.23. The van der Waals surface area contributed by atoms with Crippen LogP contribution in [0.25, 0.3) is 0 Å². The van der Waals surface area contributed by atoms with Crippen molar-refractivity contribution in [1.82, 2.24) is 10.2 Å². The molecule has 0 radical (unpaired) electrons. The number of hydrogen-bond donors (Lipinski definition) is 2. The molecule has 0 aliphatic rings. The van der Waals surface area contributed by atoms with E-state index in [0.29, 0.717) is 11.4 Å². The summed E-state index contributed by atoms with van der Waals surface area (Å²) in [5.41, 5.74) is 0.365. The maximum atomic E-state index is 12.1. The van der Waals surface area contributed by atoms with Crippen molar-refractivity contribution in [2.75, 3.05) is 26.0 Å². The van der Waals surface area contributed by atoms with Crippen molar-refractivity contribution in [3.8, 4) is 5.75 Å². The van der Waals surface area contributed by atoms with Crippen LogP contribution in [-0.4, -0.2) is 49.0 Å². The standard InChI is InChI=1S/C17H27N3O3/c1-12(16(22)19-17(2,3)4)20(5)11-15(21)18-13-8-7-9-14(10-13)23-6/h7-10,12H,11H2,1-6H3,(H,18,21)(H,19,22). The second kappa shape index (κ2) is 7.97. The third-order valence-electron chi connectivity index (χ3n) is 3.29. The molecule has 0 aliphatic carbocycles. The number of likely N-dealkylation sites (N-methyl/N-ethyl adjacent to an activating group) is 1. The minimum Gasteiger partial charge on any atom is -0.497 e. The maximum Gasteiger partial charge on any atom is 0.238 e. The van der Waals surface area contributed by atoms with Crippen LogP contribution in [0.2, 0.25) is 0 Å². The minimum absolute atomic E-state index is 0.103. The van der Waals surface area contributed by atoms with E-state index in [4.69, 9.17) is 4.74 Å². The van der Waals surface area contributed by atoms with E-state index in [1.165, 1.54) is 0 Å². The highest BCUT2D eigenvalue weighted by Crippen LogP contribution is 2.16. The van der Waals surface area contributed by atoms with Crippen LogP contribution in [0.1, 0.15) is 27.7 Å². The molecule has 1 aromatic carbocycles. The number of carbonyl (C=O) groups is 2. The average Bonchev–Trinajstić information content (AvgIpc) is 2.44. The predicted octanol–water partition coefficient (Wildman–Crippen LogP) is 1.87. The zero-order valence-electron chi connectivity index (χ0n) is 14.8. The molecule has 0 saturated carbocycles. The summed E-state index contributed by atoms with van der Waals surface area (Å²) < 4.78 is 5.12. The van der Waals surface area contributed by atoms with E-state index < -0.39 is 6.04 Å².